The summed E-state index contributed by atoms with van der Waals surface area (Å²) < 4.78 is 7.46. The molecule has 1 atom stereocenters. The molecule has 1 unspecified atom stereocenters. The van der Waals surface area contributed by atoms with Crippen LogP contribution in [0.2, 0.25) is 0 Å². The average Bonchev–Trinajstić information content (AvgIpc) is 3.29. The Morgan fingerprint density at radius 2 is 1.81 bits per heavy atom. The third-order valence-electron chi connectivity index (χ3n) is 5.40. The maximum absolute atomic E-state index is 12.9. The first-order valence-corrected chi connectivity index (χ1v) is 10.1. The van der Waals surface area contributed by atoms with Crippen LogP contribution in [-0.4, -0.2) is 22.9 Å². The SMILES string of the molecule is CCCCCCOC(=O)C1CCn2c(C(=O)c3ccc(CC)cc3)ccc21. The van der Waals surface area contributed by atoms with E-state index in [1.165, 1.54) is 18.4 Å². The highest BCUT2D eigenvalue weighted by Crippen LogP contribution is 2.32. The van der Waals surface area contributed by atoms with Crippen LogP contribution >= 0.6 is 0 Å². The number of benzene rings is 1. The van der Waals surface area contributed by atoms with E-state index in [1.54, 1.807) is 0 Å². The third kappa shape index (κ3) is 4.32. The van der Waals surface area contributed by atoms with Gasteiger partial charge in [-0.15, -0.1) is 0 Å². The summed E-state index contributed by atoms with van der Waals surface area (Å²) in [5.74, 6) is -0.396. The summed E-state index contributed by atoms with van der Waals surface area (Å²) in [5, 5.41) is 0. The Morgan fingerprint density at radius 1 is 1.04 bits per heavy atom. The van der Waals surface area contributed by atoms with Crippen LogP contribution in [0.1, 0.15) is 79.2 Å². The van der Waals surface area contributed by atoms with Gasteiger partial charge in [-0.2, -0.15) is 0 Å². The Hall–Kier alpha value is -2.36. The second-order valence-corrected chi connectivity index (χ2v) is 7.24. The largest absolute Gasteiger partial charge is 0.465 e. The first kappa shape index (κ1) is 19.4. The number of carbonyl (C=O) groups is 2. The molecule has 2 heterocycles. The lowest BCUT2D eigenvalue weighted by Crippen LogP contribution is -2.14. The van der Waals surface area contributed by atoms with E-state index >= 15 is 0 Å². The van der Waals surface area contributed by atoms with Gasteiger partial charge in [-0.25, -0.2) is 0 Å². The molecule has 4 nitrogen and oxygen atoms in total. The van der Waals surface area contributed by atoms with E-state index in [-0.39, 0.29) is 17.7 Å². The van der Waals surface area contributed by atoms with E-state index in [0.29, 0.717) is 30.8 Å². The van der Waals surface area contributed by atoms with Crippen molar-refractivity contribution < 1.29 is 14.3 Å². The molecule has 0 spiro atoms. The van der Waals surface area contributed by atoms with E-state index in [9.17, 15) is 9.59 Å². The molecule has 1 aliphatic heterocycles. The van der Waals surface area contributed by atoms with Crippen molar-refractivity contribution >= 4 is 11.8 Å². The van der Waals surface area contributed by atoms with Gasteiger partial charge in [0, 0.05) is 17.8 Å². The van der Waals surface area contributed by atoms with Gasteiger partial charge < -0.3 is 9.30 Å². The van der Waals surface area contributed by atoms with Crippen LogP contribution in [0.15, 0.2) is 36.4 Å². The summed E-state index contributed by atoms with van der Waals surface area (Å²) in [6.07, 6.45) is 6.03. The number of esters is 1. The number of fused-ring (bicyclic) bond motifs is 1. The molecular formula is C23H29NO3. The summed E-state index contributed by atoms with van der Waals surface area (Å²) in [6.45, 7) is 5.44. The predicted molar refractivity (Wildman–Crippen MR) is 106 cm³/mol. The van der Waals surface area contributed by atoms with Crippen molar-refractivity contribution in [1.82, 2.24) is 4.57 Å². The Labute approximate surface area is 161 Å². The molecule has 27 heavy (non-hydrogen) atoms. The summed E-state index contributed by atoms with van der Waals surface area (Å²) in [6, 6.07) is 11.5. The summed E-state index contributed by atoms with van der Waals surface area (Å²) in [4.78, 5) is 25.3. The fourth-order valence-electron chi connectivity index (χ4n) is 3.72. The van der Waals surface area contributed by atoms with Crippen molar-refractivity contribution in [2.75, 3.05) is 6.61 Å². The van der Waals surface area contributed by atoms with Gasteiger partial charge in [-0.3, -0.25) is 9.59 Å². The molecule has 0 N–H and O–H groups in total. The van der Waals surface area contributed by atoms with Crippen LogP contribution in [0, 0.1) is 0 Å². The molecule has 0 amide bonds. The summed E-state index contributed by atoms with van der Waals surface area (Å²) in [7, 11) is 0. The van der Waals surface area contributed by atoms with Crippen molar-refractivity contribution in [2.24, 2.45) is 0 Å². The number of hydrogen-bond acceptors (Lipinski definition) is 3. The Kier molecular flexibility index (Phi) is 6.49. The minimum Gasteiger partial charge on any atom is -0.465 e. The lowest BCUT2D eigenvalue weighted by molar-refractivity contribution is -0.145. The molecule has 3 rings (SSSR count). The van der Waals surface area contributed by atoms with Gasteiger partial charge in [0.15, 0.2) is 0 Å². The van der Waals surface area contributed by atoms with Gasteiger partial charge in [0.25, 0.3) is 0 Å². The van der Waals surface area contributed by atoms with E-state index < -0.39 is 0 Å². The number of carbonyl (C=O) groups excluding carboxylic acids is 2. The minimum absolute atomic E-state index is 0.0116. The summed E-state index contributed by atoms with van der Waals surface area (Å²) >= 11 is 0. The molecule has 1 aromatic carbocycles. The zero-order chi connectivity index (χ0) is 19.2. The van der Waals surface area contributed by atoms with Crippen LogP contribution < -0.4 is 0 Å². The molecule has 0 saturated carbocycles. The maximum atomic E-state index is 12.9. The van der Waals surface area contributed by atoms with Gasteiger partial charge in [0.2, 0.25) is 5.78 Å². The number of aromatic nitrogens is 1. The topological polar surface area (TPSA) is 48.3 Å². The van der Waals surface area contributed by atoms with Gasteiger partial charge in [0.05, 0.1) is 18.2 Å². The number of aryl methyl sites for hydroxylation is 1. The fraction of sp³-hybridized carbons (Fsp3) is 0.478. The second-order valence-electron chi connectivity index (χ2n) is 7.24. The molecular weight excluding hydrogens is 338 g/mol. The van der Waals surface area contributed by atoms with Crippen molar-refractivity contribution in [1.29, 1.82) is 0 Å². The highest BCUT2D eigenvalue weighted by molar-refractivity contribution is 6.08. The van der Waals surface area contributed by atoms with Crippen molar-refractivity contribution in [2.45, 2.75) is 64.8 Å². The average molecular weight is 367 g/mol. The smallest absolute Gasteiger partial charge is 0.315 e. The normalized spacial score (nSPS) is 15.6. The van der Waals surface area contributed by atoms with Crippen LogP contribution in [0.4, 0.5) is 0 Å². The van der Waals surface area contributed by atoms with Crippen LogP contribution in [0.5, 0.6) is 0 Å². The van der Waals surface area contributed by atoms with Crippen molar-refractivity contribution in [3.8, 4) is 0 Å². The molecule has 4 heteroatoms. The van der Waals surface area contributed by atoms with Crippen LogP contribution in [-0.2, 0) is 22.5 Å². The Morgan fingerprint density at radius 3 is 2.52 bits per heavy atom. The number of ether oxygens (including phenoxy) is 1. The first-order valence-electron chi connectivity index (χ1n) is 10.1. The van der Waals surface area contributed by atoms with Gasteiger partial charge in [0.1, 0.15) is 0 Å². The van der Waals surface area contributed by atoms with Gasteiger partial charge >= 0.3 is 5.97 Å². The van der Waals surface area contributed by atoms with E-state index in [0.717, 1.165) is 25.0 Å². The molecule has 0 bridgehead atoms. The standard InChI is InChI=1S/C23H29NO3/c1-3-5-6-7-16-27-23(26)19-14-15-24-20(19)12-13-21(24)22(25)18-10-8-17(4-2)9-11-18/h8-13,19H,3-7,14-16H2,1-2H3. The Bertz CT molecular complexity index is 788. The van der Waals surface area contributed by atoms with Crippen LogP contribution in [0.3, 0.4) is 0 Å². The quantitative estimate of drug-likeness (QED) is 0.360. The molecule has 0 aliphatic carbocycles. The number of nitrogens with zero attached hydrogens (tertiary/aromatic N) is 1. The van der Waals surface area contributed by atoms with E-state index in [2.05, 4.69) is 13.8 Å². The Balaban J connectivity index is 1.66. The minimum atomic E-state index is -0.250. The van der Waals surface area contributed by atoms with Crippen molar-refractivity contribution in [3.63, 3.8) is 0 Å². The molecule has 1 aromatic heterocycles. The lowest BCUT2D eigenvalue weighted by Gasteiger charge is -2.10. The maximum Gasteiger partial charge on any atom is 0.315 e. The third-order valence-corrected chi connectivity index (χ3v) is 5.40. The molecule has 0 radical (unpaired) electrons. The lowest BCUT2D eigenvalue weighted by atomic mass is 10.0. The zero-order valence-electron chi connectivity index (χ0n) is 16.4. The number of rotatable bonds is 9. The van der Waals surface area contributed by atoms with E-state index in [1.807, 2.05) is 41.0 Å². The monoisotopic (exact) mass is 367 g/mol. The fourth-order valence-corrected chi connectivity index (χ4v) is 3.72. The van der Waals surface area contributed by atoms with Gasteiger partial charge in [-0.1, -0.05) is 57.4 Å². The zero-order valence-corrected chi connectivity index (χ0v) is 16.4. The second kappa shape index (κ2) is 9.03. The summed E-state index contributed by atoms with van der Waals surface area (Å²) in [5.41, 5.74) is 3.47. The van der Waals surface area contributed by atoms with Crippen LogP contribution in [0.25, 0.3) is 0 Å². The molecule has 0 saturated heterocycles. The number of ketones is 1. The highest BCUT2D eigenvalue weighted by atomic mass is 16.5. The highest BCUT2D eigenvalue weighted by Gasteiger charge is 2.32. The molecule has 144 valence electrons. The number of hydrogen-bond donors (Lipinski definition) is 0. The number of unbranched alkanes of at least 4 members (excludes halogenated alkanes) is 3. The molecule has 1 aliphatic rings. The van der Waals surface area contributed by atoms with Gasteiger partial charge in [-0.05, 0) is 37.0 Å². The van der Waals surface area contributed by atoms with E-state index in [4.69, 9.17) is 4.74 Å². The van der Waals surface area contributed by atoms with Crippen molar-refractivity contribution in [3.05, 3.63) is 58.9 Å². The molecule has 2 aromatic rings. The molecule has 0 fully saturated rings. The first-order chi connectivity index (χ1) is 13.2. The predicted octanol–water partition coefficient (Wildman–Crippen LogP) is 4.89.